The van der Waals surface area contributed by atoms with E-state index < -0.39 is 0 Å². The Hall–Kier alpha value is -2.96. The van der Waals surface area contributed by atoms with Crippen molar-refractivity contribution in [2.75, 3.05) is 7.05 Å². The molecule has 3 aromatic rings. The summed E-state index contributed by atoms with van der Waals surface area (Å²) in [7, 11) is 1.74. The molecule has 0 N–H and O–H groups in total. The van der Waals surface area contributed by atoms with E-state index in [2.05, 4.69) is 22.2 Å². The van der Waals surface area contributed by atoms with Crippen LogP contribution in [-0.4, -0.2) is 37.8 Å². The molecule has 0 aliphatic carbocycles. The van der Waals surface area contributed by atoms with E-state index in [4.69, 9.17) is 4.52 Å². The van der Waals surface area contributed by atoms with E-state index in [0.717, 1.165) is 24.2 Å². The summed E-state index contributed by atoms with van der Waals surface area (Å²) in [6.45, 7) is 5.06. The van der Waals surface area contributed by atoms with Gasteiger partial charge >= 0.3 is 0 Å². The summed E-state index contributed by atoms with van der Waals surface area (Å²) in [5.74, 6) is 0.535. The van der Waals surface area contributed by atoms with Crippen molar-refractivity contribution in [3.05, 3.63) is 53.8 Å². The first-order valence-corrected chi connectivity index (χ1v) is 8.24. The van der Waals surface area contributed by atoms with Gasteiger partial charge in [0.25, 0.3) is 5.91 Å². The van der Waals surface area contributed by atoms with Gasteiger partial charge in [0.05, 0.1) is 17.8 Å². The topological polar surface area (TPSA) is 77.0 Å². The third kappa shape index (κ3) is 3.76. The number of rotatable bonds is 6. The molecule has 0 atom stereocenters. The predicted octanol–water partition coefficient (Wildman–Crippen LogP) is 2.92. The molecule has 3 rings (SSSR count). The Labute approximate surface area is 146 Å². The normalized spacial score (nSPS) is 10.8. The first-order chi connectivity index (χ1) is 12.1. The summed E-state index contributed by atoms with van der Waals surface area (Å²) in [6, 6.07) is 5.58. The molecule has 0 saturated heterocycles. The second-order valence-corrected chi connectivity index (χ2v) is 5.97. The molecule has 0 fully saturated rings. The smallest absolute Gasteiger partial charge is 0.257 e. The molecule has 0 spiro atoms. The van der Waals surface area contributed by atoms with Crippen LogP contribution in [0.3, 0.4) is 0 Å². The van der Waals surface area contributed by atoms with Crippen molar-refractivity contribution >= 4 is 5.91 Å². The number of hydrogen-bond donors (Lipinski definition) is 0. The number of hydrogen-bond acceptors (Lipinski definition) is 5. The molecule has 0 aromatic carbocycles. The van der Waals surface area contributed by atoms with Crippen LogP contribution in [0, 0.1) is 6.92 Å². The van der Waals surface area contributed by atoms with Gasteiger partial charge < -0.3 is 9.42 Å². The summed E-state index contributed by atoms with van der Waals surface area (Å²) in [6.07, 6.45) is 6.21. The largest absolute Gasteiger partial charge is 0.359 e. The zero-order chi connectivity index (χ0) is 17.8. The quantitative estimate of drug-likeness (QED) is 0.690. The Morgan fingerprint density at radius 2 is 2.24 bits per heavy atom. The highest BCUT2D eigenvalue weighted by Crippen LogP contribution is 2.19. The van der Waals surface area contributed by atoms with Gasteiger partial charge in [-0.2, -0.15) is 5.10 Å². The van der Waals surface area contributed by atoms with E-state index in [1.54, 1.807) is 30.5 Å². The maximum Gasteiger partial charge on any atom is 0.257 e. The Kier molecular flexibility index (Phi) is 4.92. The molecule has 130 valence electrons. The van der Waals surface area contributed by atoms with Gasteiger partial charge in [0.2, 0.25) is 0 Å². The summed E-state index contributed by atoms with van der Waals surface area (Å²) >= 11 is 0. The number of aryl methyl sites for hydroxylation is 2. The summed E-state index contributed by atoms with van der Waals surface area (Å²) in [5.41, 5.74) is 2.93. The number of pyridine rings is 1. The SMILES string of the molecule is CCCn1cc(C(=O)N(C)Cc2cc(-c3cccnc3)no2)c(C)n1. The Balaban J connectivity index is 1.71. The lowest BCUT2D eigenvalue weighted by Crippen LogP contribution is -2.26. The Morgan fingerprint density at radius 3 is 2.96 bits per heavy atom. The first kappa shape index (κ1) is 16.9. The average molecular weight is 339 g/mol. The molecule has 0 unspecified atom stereocenters. The van der Waals surface area contributed by atoms with Crippen LogP contribution in [0.25, 0.3) is 11.3 Å². The zero-order valence-electron chi connectivity index (χ0n) is 14.6. The van der Waals surface area contributed by atoms with Crippen molar-refractivity contribution in [2.24, 2.45) is 0 Å². The van der Waals surface area contributed by atoms with Crippen LogP contribution in [0.15, 0.2) is 41.3 Å². The molecular weight excluding hydrogens is 318 g/mol. The molecule has 3 heterocycles. The molecule has 0 bridgehead atoms. The maximum absolute atomic E-state index is 12.7. The fourth-order valence-corrected chi connectivity index (χ4v) is 2.62. The van der Waals surface area contributed by atoms with Gasteiger partial charge in [-0.3, -0.25) is 14.5 Å². The lowest BCUT2D eigenvalue weighted by molar-refractivity contribution is 0.0771. The van der Waals surface area contributed by atoms with Crippen molar-refractivity contribution in [3.8, 4) is 11.3 Å². The first-order valence-electron chi connectivity index (χ1n) is 8.24. The molecule has 0 aliphatic heterocycles. The van der Waals surface area contributed by atoms with Crippen molar-refractivity contribution in [3.63, 3.8) is 0 Å². The number of nitrogens with zero attached hydrogens (tertiary/aromatic N) is 5. The van der Waals surface area contributed by atoms with E-state index in [0.29, 0.717) is 23.6 Å². The Morgan fingerprint density at radius 1 is 1.40 bits per heavy atom. The molecule has 7 heteroatoms. The van der Waals surface area contributed by atoms with Crippen molar-refractivity contribution < 1.29 is 9.32 Å². The summed E-state index contributed by atoms with van der Waals surface area (Å²) in [5, 5.41) is 8.43. The van der Waals surface area contributed by atoms with E-state index >= 15 is 0 Å². The minimum atomic E-state index is -0.0841. The van der Waals surface area contributed by atoms with Crippen molar-refractivity contribution in [1.82, 2.24) is 24.8 Å². The van der Waals surface area contributed by atoms with Gasteiger partial charge in [0.15, 0.2) is 5.76 Å². The fraction of sp³-hybridized carbons (Fsp3) is 0.333. The molecule has 7 nitrogen and oxygen atoms in total. The second-order valence-electron chi connectivity index (χ2n) is 5.97. The van der Waals surface area contributed by atoms with Crippen LogP contribution in [0.4, 0.5) is 0 Å². The molecule has 25 heavy (non-hydrogen) atoms. The highest BCUT2D eigenvalue weighted by molar-refractivity contribution is 5.94. The number of aromatic nitrogens is 4. The van der Waals surface area contributed by atoms with Crippen LogP contribution in [-0.2, 0) is 13.1 Å². The van der Waals surface area contributed by atoms with E-state index in [1.165, 1.54) is 0 Å². The van der Waals surface area contributed by atoms with Gasteiger partial charge in [-0.05, 0) is 25.5 Å². The zero-order valence-corrected chi connectivity index (χ0v) is 14.6. The third-order valence-electron chi connectivity index (χ3n) is 3.89. The van der Waals surface area contributed by atoms with Crippen LogP contribution in [0.5, 0.6) is 0 Å². The minimum absolute atomic E-state index is 0.0841. The maximum atomic E-state index is 12.7. The highest BCUT2D eigenvalue weighted by atomic mass is 16.5. The van der Waals surface area contributed by atoms with Crippen LogP contribution >= 0.6 is 0 Å². The standard InChI is InChI=1S/C18H21N5O2/c1-4-8-23-12-16(13(2)20-23)18(24)22(3)11-15-9-17(21-25-15)14-6-5-7-19-10-14/h5-7,9-10,12H,4,8,11H2,1-3H3. The van der Waals surface area contributed by atoms with Crippen molar-refractivity contribution in [2.45, 2.75) is 33.4 Å². The highest BCUT2D eigenvalue weighted by Gasteiger charge is 2.19. The summed E-state index contributed by atoms with van der Waals surface area (Å²) < 4.78 is 7.17. The van der Waals surface area contributed by atoms with Crippen LogP contribution in [0.1, 0.15) is 35.2 Å². The molecule has 0 radical (unpaired) electrons. The molecule has 3 aromatic heterocycles. The average Bonchev–Trinajstić information content (AvgIpc) is 3.22. The van der Waals surface area contributed by atoms with Crippen LogP contribution < -0.4 is 0 Å². The lowest BCUT2D eigenvalue weighted by Gasteiger charge is -2.14. The molecular formula is C18H21N5O2. The van der Waals surface area contributed by atoms with Gasteiger partial charge in [-0.15, -0.1) is 0 Å². The van der Waals surface area contributed by atoms with E-state index in [-0.39, 0.29) is 5.91 Å². The number of amides is 1. The Bertz CT molecular complexity index is 853. The lowest BCUT2D eigenvalue weighted by atomic mass is 10.2. The van der Waals surface area contributed by atoms with Crippen LogP contribution in [0.2, 0.25) is 0 Å². The van der Waals surface area contributed by atoms with Gasteiger partial charge in [0.1, 0.15) is 5.69 Å². The fourth-order valence-electron chi connectivity index (χ4n) is 2.62. The van der Waals surface area contributed by atoms with Gasteiger partial charge in [-0.25, -0.2) is 0 Å². The predicted molar refractivity (Wildman–Crippen MR) is 92.8 cm³/mol. The summed E-state index contributed by atoms with van der Waals surface area (Å²) in [4.78, 5) is 18.3. The van der Waals surface area contributed by atoms with Crippen molar-refractivity contribution in [1.29, 1.82) is 0 Å². The van der Waals surface area contributed by atoms with E-state index in [9.17, 15) is 4.79 Å². The molecule has 0 saturated carbocycles. The van der Waals surface area contributed by atoms with Gasteiger partial charge in [0, 0.05) is 43.8 Å². The monoisotopic (exact) mass is 339 g/mol. The molecule has 1 amide bonds. The van der Waals surface area contributed by atoms with E-state index in [1.807, 2.05) is 29.8 Å². The second kappa shape index (κ2) is 7.29. The number of carbonyl (C=O) groups is 1. The molecule has 0 aliphatic rings. The van der Waals surface area contributed by atoms with Gasteiger partial charge in [-0.1, -0.05) is 12.1 Å². The number of carbonyl (C=O) groups excluding carboxylic acids is 1. The third-order valence-corrected chi connectivity index (χ3v) is 3.89. The minimum Gasteiger partial charge on any atom is -0.359 e.